The summed E-state index contributed by atoms with van der Waals surface area (Å²) in [6.45, 7) is 12.2. The predicted molar refractivity (Wildman–Crippen MR) is 140 cm³/mol. The number of benzene rings is 2. The molecule has 0 unspecified atom stereocenters. The van der Waals surface area contributed by atoms with Crippen LogP contribution >= 0.6 is 0 Å². The Kier molecular flexibility index (Phi) is 10.1. The summed E-state index contributed by atoms with van der Waals surface area (Å²) in [6.07, 6.45) is -7.05. The van der Waals surface area contributed by atoms with Crippen LogP contribution in [0.1, 0.15) is 85.5 Å². The SMILES string of the molecule is CC(=O)c1ccc(C2OCC(C)(C)CO2)cc1.CC1(C)COC(c2ccc(C(=O)CC(=O)C(F)(F)F)cc2)OC1. The largest absolute Gasteiger partial charge is 0.450 e. The van der Waals surface area contributed by atoms with Gasteiger partial charge in [0, 0.05) is 33.1 Å². The van der Waals surface area contributed by atoms with Crippen molar-refractivity contribution in [2.24, 2.45) is 10.8 Å². The van der Waals surface area contributed by atoms with E-state index in [9.17, 15) is 27.6 Å². The zero-order valence-corrected chi connectivity index (χ0v) is 23.3. The van der Waals surface area contributed by atoms with E-state index in [4.69, 9.17) is 18.9 Å². The van der Waals surface area contributed by atoms with Gasteiger partial charge in [0.25, 0.3) is 0 Å². The number of ether oxygens (including phenoxy) is 4. The predicted octanol–water partition coefficient (Wildman–Crippen LogP) is 6.42. The number of hydrogen-bond acceptors (Lipinski definition) is 7. The van der Waals surface area contributed by atoms with Gasteiger partial charge in [-0.2, -0.15) is 13.2 Å². The van der Waals surface area contributed by atoms with Crippen molar-refractivity contribution < 1.29 is 46.5 Å². The summed E-state index contributed by atoms with van der Waals surface area (Å²) in [4.78, 5) is 33.7. The van der Waals surface area contributed by atoms with Crippen LogP contribution in [0.25, 0.3) is 0 Å². The second-order valence-corrected chi connectivity index (χ2v) is 11.6. The van der Waals surface area contributed by atoms with Crippen LogP contribution in [0.4, 0.5) is 13.2 Å². The lowest BCUT2D eigenvalue weighted by Crippen LogP contribution is -2.33. The number of ketones is 3. The van der Waals surface area contributed by atoms with Crippen molar-refractivity contribution >= 4 is 17.3 Å². The van der Waals surface area contributed by atoms with E-state index in [-0.39, 0.29) is 28.5 Å². The van der Waals surface area contributed by atoms with Crippen molar-refractivity contribution in [1.29, 1.82) is 0 Å². The maximum Gasteiger partial charge on any atom is 0.450 e. The minimum atomic E-state index is -4.99. The van der Waals surface area contributed by atoms with Crippen LogP contribution in [-0.4, -0.2) is 50.0 Å². The molecule has 40 heavy (non-hydrogen) atoms. The van der Waals surface area contributed by atoms with E-state index in [0.717, 1.165) is 5.56 Å². The monoisotopic (exact) mass is 564 g/mol. The lowest BCUT2D eigenvalue weighted by molar-refractivity contribution is -0.226. The number of carbonyl (C=O) groups excluding carboxylic acids is 3. The molecule has 0 aliphatic carbocycles. The zero-order valence-electron chi connectivity index (χ0n) is 23.3. The van der Waals surface area contributed by atoms with Gasteiger partial charge in [0.15, 0.2) is 24.1 Å². The Morgan fingerprint density at radius 2 is 1.05 bits per heavy atom. The molecule has 0 radical (unpaired) electrons. The highest BCUT2D eigenvalue weighted by Gasteiger charge is 2.39. The van der Waals surface area contributed by atoms with Crippen molar-refractivity contribution in [2.75, 3.05) is 26.4 Å². The van der Waals surface area contributed by atoms with Crippen LogP contribution in [0.2, 0.25) is 0 Å². The molecular weight excluding hydrogens is 529 g/mol. The summed E-state index contributed by atoms with van der Waals surface area (Å²) in [5, 5.41) is 0. The summed E-state index contributed by atoms with van der Waals surface area (Å²) in [6, 6.07) is 13.2. The number of Topliss-reactive ketones (excluding diaryl/α,β-unsaturated/α-hetero) is 3. The standard InChI is InChI=1S/C16H17F3O4.C14H18O3/c1-15(2)8-22-14(23-9-15)11-5-3-10(4-6-11)12(20)7-13(21)16(17,18)19;1-10(15)11-4-6-12(7-5-11)13-16-8-14(2,3)9-17-13/h3-6,14H,7-9H2,1-2H3;4-7,13H,8-9H2,1-3H3. The Morgan fingerprint density at radius 3 is 1.38 bits per heavy atom. The van der Waals surface area contributed by atoms with Gasteiger partial charge in [0.2, 0.25) is 5.78 Å². The van der Waals surface area contributed by atoms with E-state index in [1.165, 1.54) is 12.1 Å². The van der Waals surface area contributed by atoms with Gasteiger partial charge in [0.1, 0.15) is 0 Å². The molecule has 7 nitrogen and oxygen atoms in total. The number of halogens is 3. The quantitative estimate of drug-likeness (QED) is 0.295. The van der Waals surface area contributed by atoms with Crippen LogP contribution in [0, 0.1) is 10.8 Å². The molecule has 2 aromatic rings. The lowest BCUT2D eigenvalue weighted by atomic mass is 9.95. The Morgan fingerprint density at radius 1 is 0.700 bits per heavy atom. The van der Waals surface area contributed by atoms with Gasteiger partial charge >= 0.3 is 6.18 Å². The molecule has 2 aromatic carbocycles. The number of carbonyl (C=O) groups is 3. The second-order valence-electron chi connectivity index (χ2n) is 11.6. The first-order valence-corrected chi connectivity index (χ1v) is 12.9. The van der Waals surface area contributed by atoms with Crippen molar-refractivity contribution in [3.8, 4) is 0 Å². The Bertz CT molecular complexity index is 1170. The van der Waals surface area contributed by atoms with E-state index in [0.29, 0.717) is 37.6 Å². The third-order valence-electron chi connectivity index (χ3n) is 6.23. The smallest absolute Gasteiger partial charge is 0.348 e. The van der Waals surface area contributed by atoms with Gasteiger partial charge in [-0.1, -0.05) is 76.2 Å². The molecule has 0 bridgehead atoms. The van der Waals surface area contributed by atoms with Crippen molar-refractivity contribution in [3.05, 3.63) is 70.8 Å². The fraction of sp³-hybridized carbons (Fsp3) is 0.500. The second kappa shape index (κ2) is 12.7. The fourth-order valence-electron chi connectivity index (χ4n) is 3.82. The molecule has 0 atom stereocenters. The fourth-order valence-corrected chi connectivity index (χ4v) is 3.82. The number of rotatable bonds is 6. The highest BCUT2D eigenvalue weighted by Crippen LogP contribution is 2.32. The van der Waals surface area contributed by atoms with Gasteiger partial charge in [-0.15, -0.1) is 0 Å². The summed E-state index contributed by atoms with van der Waals surface area (Å²) in [5.74, 6) is -2.85. The Balaban J connectivity index is 0.000000230. The molecule has 0 N–H and O–H groups in total. The van der Waals surface area contributed by atoms with E-state index in [1.807, 2.05) is 38.1 Å². The molecule has 2 aliphatic heterocycles. The maximum atomic E-state index is 12.2. The van der Waals surface area contributed by atoms with Crippen LogP contribution in [0.15, 0.2) is 48.5 Å². The summed E-state index contributed by atoms with van der Waals surface area (Å²) >= 11 is 0. The molecule has 4 rings (SSSR count). The molecular formula is C30H35F3O7. The molecule has 0 spiro atoms. The van der Waals surface area contributed by atoms with Crippen LogP contribution in [0.5, 0.6) is 0 Å². The third kappa shape index (κ3) is 9.05. The molecule has 2 heterocycles. The summed E-state index contributed by atoms with van der Waals surface area (Å²) < 4.78 is 59.0. The van der Waals surface area contributed by atoms with Gasteiger partial charge in [-0.05, 0) is 6.92 Å². The van der Waals surface area contributed by atoms with Gasteiger partial charge in [-0.3, -0.25) is 14.4 Å². The first-order valence-electron chi connectivity index (χ1n) is 12.9. The average Bonchev–Trinajstić information content (AvgIpc) is 2.89. The van der Waals surface area contributed by atoms with E-state index in [2.05, 4.69) is 13.8 Å². The van der Waals surface area contributed by atoms with Crippen molar-refractivity contribution in [2.45, 2.75) is 59.8 Å². The normalized spacial score (nSPS) is 19.3. The van der Waals surface area contributed by atoms with Gasteiger partial charge in [-0.25, -0.2) is 0 Å². The minimum Gasteiger partial charge on any atom is -0.348 e. The van der Waals surface area contributed by atoms with Crippen molar-refractivity contribution in [1.82, 2.24) is 0 Å². The Labute approximate surface area is 231 Å². The lowest BCUT2D eigenvalue weighted by Gasteiger charge is -2.34. The minimum absolute atomic E-state index is 0.0440. The maximum absolute atomic E-state index is 12.2. The first-order chi connectivity index (χ1) is 18.6. The third-order valence-corrected chi connectivity index (χ3v) is 6.23. The van der Waals surface area contributed by atoms with Gasteiger partial charge < -0.3 is 18.9 Å². The number of alkyl halides is 3. The molecule has 2 saturated heterocycles. The molecule has 2 fully saturated rings. The first kappa shape index (κ1) is 31.6. The average molecular weight is 565 g/mol. The molecule has 0 aromatic heterocycles. The van der Waals surface area contributed by atoms with Crippen LogP contribution < -0.4 is 0 Å². The molecule has 0 saturated carbocycles. The molecule has 10 heteroatoms. The van der Waals surface area contributed by atoms with Crippen LogP contribution in [-0.2, 0) is 23.7 Å². The number of hydrogen-bond donors (Lipinski definition) is 0. The van der Waals surface area contributed by atoms with E-state index in [1.54, 1.807) is 19.1 Å². The topological polar surface area (TPSA) is 88.1 Å². The van der Waals surface area contributed by atoms with Gasteiger partial charge in [0.05, 0.1) is 32.8 Å². The van der Waals surface area contributed by atoms with E-state index >= 15 is 0 Å². The molecule has 2 aliphatic rings. The zero-order chi connectivity index (χ0) is 29.7. The highest BCUT2D eigenvalue weighted by atomic mass is 19.4. The Hall–Kier alpha value is -2.92. The summed E-state index contributed by atoms with van der Waals surface area (Å²) in [7, 11) is 0. The molecule has 0 amide bonds. The highest BCUT2D eigenvalue weighted by molar-refractivity contribution is 6.09. The van der Waals surface area contributed by atoms with E-state index < -0.39 is 30.5 Å². The van der Waals surface area contributed by atoms with Crippen LogP contribution in [0.3, 0.4) is 0 Å². The van der Waals surface area contributed by atoms with Crippen molar-refractivity contribution in [3.63, 3.8) is 0 Å². The molecule has 218 valence electrons. The summed E-state index contributed by atoms with van der Waals surface area (Å²) in [5.41, 5.74) is 2.39.